The molecule has 0 aliphatic carbocycles. The lowest BCUT2D eigenvalue weighted by atomic mass is 10.1. The number of aryl methyl sites for hydroxylation is 2. The van der Waals surface area contributed by atoms with Crippen LogP contribution in [0.25, 0.3) is 5.69 Å². The van der Waals surface area contributed by atoms with Gasteiger partial charge in [-0.15, -0.1) is 0 Å². The lowest BCUT2D eigenvalue weighted by molar-refractivity contribution is -0.00805. The Hall–Kier alpha value is -3.20. The van der Waals surface area contributed by atoms with E-state index in [2.05, 4.69) is 25.3 Å². The van der Waals surface area contributed by atoms with Gasteiger partial charge in [0.15, 0.2) is 5.96 Å². The number of hydrogen-bond donors (Lipinski definition) is 1. The van der Waals surface area contributed by atoms with Gasteiger partial charge in [0.2, 0.25) is 0 Å². The molecule has 1 N–H and O–H groups in total. The molecule has 1 aliphatic rings. The molecule has 30 heavy (non-hydrogen) atoms. The monoisotopic (exact) mass is 411 g/mol. The number of benzene rings is 1. The summed E-state index contributed by atoms with van der Waals surface area (Å²) in [6, 6.07) is 5.24. The zero-order chi connectivity index (χ0) is 21.1. The van der Waals surface area contributed by atoms with Gasteiger partial charge in [-0.05, 0) is 24.6 Å². The van der Waals surface area contributed by atoms with Gasteiger partial charge >= 0.3 is 0 Å². The summed E-state index contributed by atoms with van der Waals surface area (Å²) < 4.78 is 24.1. The van der Waals surface area contributed by atoms with E-state index in [1.54, 1.807) is 40.8 Å². The minimum atomic E-state index is -0.284. The quantitative estimate of drug-likeness (QED) is 0.526. The van der Waals surface area contributed by atoms with Crippen molar-refractivity contribution in [3.05, 3.63) is 65.8 Å². The maximum absolute atomic E-state index is 14.7. The van der Waals surface area contributed by atoms with Gasteiger partial charge in [0, 0.05) is 51.3 Å². The zero-order valence-electron chi connectivity index (χ0n) is 17.4. The molecule has 0 spiro atoms. The Morgan fingerprint density at radius 3 is 2.93 bits per heavy atom. The minimum Gasteiger partial charge on any atom is -0.370 e. The van der Waals surface area contributed by atoms with Gasteiger partial charge in [-0.3, -0.25) is 9.67 Å². The van der Waals surface area contributed by atoms with E-state index in [1.807, 2.05) is 32.4 Å². The first-order chi connectivity index (χ1) is 14.5. The fourth-order valence-electron chi connectivity index (χ4n) is 3.65. The van der Waals surface area contributed by atoms with Crippen molar-refractivity contribution in [3.63, 3.8) is 0 Å². The topological polar surface area (TPSA) is 72.5 Å². The molecule has 1 saturated heterocycles. The van der Waals surface area contributed by atoms with E-state index in [9.17, 15) is 4.39 Å². The fourth-order valence-corrected chi connectivity index (χ4v) is 3.65. The Morgan fingerprint density at radius 1 is 1.40 bits per heavy atom. The molecule has 3 aromatic rings. The standard InChI is InChI=1S/C21H26FN7O/c1-15-24-6-7-29(15)19-5-4-16(10-18(19)22)11-25-21(23-2)28-8-9-30-20(14-28)17-12-26-27(3)13-17/h4-7,10,12-13,20H,8-9,11,14H2,1-3H3,(H,23,25). The van der Waals surface area contributed by atoms with E-state index in [1.165, 1.54) is 0 Å². The molecule has 1 aromatic carbocycles. The molecular weight excluding hydrogens is 385 g/mol. The van der Waals surface area contributed by atoms with Crippen molar-refractivity contribution < 1.29 is 9.13 Å². The van der Waals surface area contributed by atoms with Gasteiger partial charge in [0.05, 0.1) is 25.0 Å². The second-order valence-electron chi connectivity index (χ2n) is 7.28. The minimum absolute atomic E-state index is 0.0545. The molecule has 4 rings (SSSR count). The molecule has 1 fully saturated rings. The number of ether oxygens (including phenoxy) is 1. The Morgan fingerprint density at radius 2 is 2.27 bits per heavy atom. The number of imidazole rings is 1. The molecule has 0 bridgehead atoms. The first-order valence-corrected chi connectivity index (χ1v) is 9.89. The number of nitrogens with one attached hydrogen (secondary N) is 1. The third kappa shape index (κ3) is 4.20. The van der Waals surface area contributed by atoms with Crippen LogP contribution in [-0.4, -0.2) is 56.9 Å². The van der Waals surface area contributed by atoms with Crippen LogP contribution in [0.3, 0.4) is 0 Å². The number of guanidine groups is 1. The molecule has 8 nitrogen and oxygen atoms in total. The Labute approximate surface area is 175 Å². The van der Waals surface area contributed by atoms with E-state index in [0.29, 0.717) is 25.4 Å². The third-order valence-corrected chi connectivity index (χ3v) is 5.22. The van der Waals surface area contributed by atoms with Gasteiger partial charge in [0.25, 0.3) is 0 Å². The van der Waals surface area contributed by atoms with Crippen molar-refractivity contribution in [1.29, 1.82) is 0 Å². The van der Waals surface area contributed by atoms with Crippen LogP contribution >= 0.6 is 0 Å². The summed E-state index contributed by atoms with van der Waals surface area (Å²) in [5.74, 6) is 1.23. The van der Waals surface area contributed by atoms with Gasteiger partial charge < -0.3 is 19.5 Å². The van der Waals surface area contributed by atoms with Crippen molar-refractivity contribution in [2.24, 2.45) is 12.0 Å². The lowest BCUT2D eigenvalue weighted by Gasteiger charge is -2.34. The van der Waals surface area contributed by atoms with Crippen LogP contribution in [-0.2, 0) is 18.3 Å². The molecule has 1 aliphatic heterocycles. The van der Waals surface area contributed by atoms with Crippen molar-refractivity contribution in [1.82, 2.24) is 29.5 Å². The highest BCUT2D eigenvalue weighted by molar-refractivity contribution is 5.80. The Kier molecular flexibility index (Phi) is 5.80. The highest BCUT2D eigenvalue weighted by atomic mass is 19.1. The van der Waals surface area contributed by atoms with Crippen molar-refractivity contribution in [2.45, 2.75) is 19.6 Å². The van der Waals surface area contributed by atoms with Crippen LogP contribution in [0, 0.1) is 12.7 Å². The van der Waals surface area contributed by atoms with Crippen LogP contribution in [0.15, 0.2) is 48.0 Å². The highest BCUT2D eigenvalue weighted by Gasteiger charge is 2.25. The van der Waals surface area contributed by atoms with E-state index >= 15 is 0 Å². The molecule has 0 saturated carbocycles. The van der Waals surface area contributed by atoms with E-state index in [0.717, 1.165) is 29.5 Å². The van der Waals surface area contributed by atoms with Crippen LogP contribution in [0.5, 0.6) is 0 Å². The number of rotatable bonds is 4. The first kappa shape index (κ1) is 20.1. The van der Waals surface area contributed by atoms with Crippen molar-refractivity contribution >= 4 is 5.96 Å². The average molecular weight is 411 g/mol. The van der Waals surface area contributed by atoms with E-state index in [-0.39, 0.29) is 11.9 Å². The number of nitrogens with zero attached hydrogens (tertiary/aromatic N) is 6. The molecule has 9 heteroatoms. The second-order valence-corrected chi connectivity index (χ2v) is 7.28. The third-order valence-electron chi connectivity index (χ3n) is 5.22. The van der Waals surface area contributed by atoms with Crippen molar-refractivity contribution in [2.75, 3.05) is 26.7 Å². The smallest absolute Gasteiger partial charge is 0.194 e. The molecule has 1 unspecified atom stereocenters. The van der Waals surface area contributed by atoms with Gasteiger partial charge in [-0.1, -0.05) is 6.07 Å². The van der Waals surface area contributed by atoms with Crippen LogP contribution in [0.1, 0.15) is 23.1 Å². The average Bonchev–Trinajstić information content (AvgIpc) is 3.37. The fraction of sp³-hybridized carbons (Fsp3) is 0.381. The molecule has 0 amide bonds. The number of morpholine rings is 1. The number of aromatic nitrogens is 4. The Balaban J connectivity index is 1.41. The summed E-state index contributed by atoms with van der Waals surface area (Å²) in [5, 5.41) is 7.57. The molecule has 2 aromatic heterocycles. The normalized spacial score (nSPS) is 17.4. The molecule has 1 atom stereocenters. The summed E-state index contributed by atoms with van der Waals surface area (Å²) >= 11 is 0. The summed E-state index contributed by atoms with van der Waals surface area (Å²) in [6.45, 7) is 4.34. The van der Waals surface area contributed by atoms with Gasteiger partial charge in [0.1, 0.15) is 17.7 Å². The predicted molar refractivity (Wildman–Crippen MR) is 112 cm³/mol. The lowest BCUT2D eigenvalue weighted by Crippen LogP contribution is -2.47. The van der Waals surface area contributed by atoms with Crippen LogP contribution in [0.2, 0.25) is 0 Å². The summed E-state index contributed by atoms with van der Waals surface area (Å²) in [6.07, 6.45) is 7.16. The molecule has 0 radical (unpaired) electrons. The number of aliphatic imine (C=N–C) groups is 1. The molecule has 158 valence electrons. The van der Waals surface area contributed by atoms with E-state index < -0.39 is 0 Å². The molecule has 3 heterocycles. The van der Waals surface area contributed by atoms with Gasteiger partial charge in [-0.2, -0.15) is 5.10 Å². The number of halogens is 1. The van der Waals surface area contributed by atoms with Gasteiger partial charge in [-0.25, -0.2) is 9.37 Å². The van der Waals surface area contributed by atoms with Crippen LogP contribution in [0.4, 0.5) is 4.39 Å². The zero-order valence-corrected chi connectivity index (χ0v) is 17.4. The van der Waals surface area contributed by atoms with Crippen molar-refractivity contribution in [3.8, 4) is 5.69 Å². The first-order valence-electron chi connectivity index (χ1n) is 9.89. The Bertz CT molecular complexity index is 1040. The SMILES string of the molecule is CN=C(NCc1ccc(-n2ccnc2C)c(F)c1)N1CCOC(c2cnn(C)c2)C1. The highest BCUT2D eigenvalue weighted by Crippen LogP contribution is 2.22. The maximum Gasteiger partial charge on any atom is 0.194 e. The largest absolute Gasteiger partial charge is 0.370 e. The number of hydrogen-bond acceptors (Lipinski definition) is 4. The van der Waals surface area contributed by atoms with Crippen LogP contribution < -0.4 is 5.32 Å². The summed E-state index contributed by atoms with van der Waals surface area (Å²) in [7, 11) is 3.64. The predicted octanol–water partition coefficient (Wildman–Crippen LogP) is 2.20. The summed E-state index contributed by atoms with van der Waals surface area (Å²) in [4.78, 5) is 10.7. The summed E-state index contributed by atoms with van der Waals surface area (Å²) in [5.41, 5.74) is 2.38. The van der Waals surface area contributed by atoms with E-state index in [4.69, 9.17) is 4.74 Å². The second kappa shape index (κ2) is 8.66. The maximum atomic E-state index is 14.7. The molecular formula is C21H26FN7O.